The van der Waals surface area contributed by atoms with Crippen LogP contribution in [-0.2, 0) is 23.8 Å². The van der Waals surface area contributed by atoms with E-state index < -0.39 is 12.2 Å². The summed E-state index contributed by atoms with van der Waals surface area (Å²) in [5.74, 6) is -0.732. The SMILES string of the molecule is CCCC(=O)OCC(CO)OC(CO)COC(=O)CCC. The molecule has 2 atom stereocenters. The molecule has 0 radical (unpaired) electrons. The molecule has 2 unspecified atom stereocenters. The summed E-state index contributed by atoms with van der Waals surface area (Å²) >= 11 is 0. The summed E-state index contributed by atoms with van der Waals surface area (Å²) in [4.78, 5) is 22.5. The maximum atomic E-state index is 11.2. The van der Waals surface area contributed by atoms with Gasteiger partial charge in [0.25, 0.3) is 0 Å². The average Bonchev–Trinajstić information content (AvgIpc) is 2.47. The zero-order chi connectivity index (χ0) is 16.1. The third-order valence-corrected chi connectivity index (χ3v) is 2.56. The van der Waals surface area contributed by atoms with E-state index in [1.165, 1.54) is 0 Å². The normalized spacial score (nSPS) is 13.5. The van der Waals surface area contributed by atoms with Gasteiger partial charge in [0.15, 0.2) is 0 Å². The molecule has 124 valence electrons. The summed E-state index contributed by atoms with van der Waals surface area (Å²) in [6, 6.07) is 0. The van der Waals surface area contributed by atoms with Crippen LogP contribution in [0.3, 0.4) is 0 Å². The molecule has 0 rings (SSSR count). The Morgan fingerprint density at radius 2 is 1.24 bits per heavy atom. The van der Waals surface area contributed by atoms with Crippen molar-refractivity contribution < 1.29 is 34.0 Å². The van der Waals surface area contributed by atoms with Gasteiger partial charge in [0.2, 0.25) is 0 Å². The molecule has 0 spiro atoms. The molecule has 7 heteroatoms. The number of ether oxygens (including phenoxy) is 3. The first-order valence-electron chi connectivity index (χ1n) is 7.25. The molecule has 21 heavy (non-hydrogen) atoms. The number of carbonyl (C=O) groups is 2. The molecular weight excluding hydrogens is 280 g/mol. The van der Waals surface area contributed by atoms with E-state index in [9.17, 15) is 9.59 Å². The lowest BCUT2D eigenvalue weighted by molar-refractivity contribution is -0.160. The lowest BCUT2D eigenvalue weighted by atomic mass is 10.3. The second kappa shape index (κ2) is 12.6. The third-order valence-electron chi connectivity index (χ3n) is 2.56. The van der Waals surface area contributed by atoms with Crippen molar-refractivity contribution in [3.05, 3.63) is 0 Å². The molecule has 0 aliphatic rings. The van der Waals surface area contributed by atoms with E-state index in [1.807, 2.05) is 13.8 Å². The van der Waals surface area contributed by atoms with Crippen molar-refractivity contribution in [2.24, 2.45) is 0 Å². The van der Waals surface area contributed by atoms with E-state index in [-0.39, 0.29) is 38.4 Å². The van der Waals surface area contributed by atoms with Crippen molar-refractivity contribution in [1.82, 2.24) is 0 Å². The molecule has 0 aliphatic carbocycles. The van der Waals surface area contributed by atoms with Crippen molar-refractivity contribution in [1.29, 1.82) is 0 Å². The summed E-state index contributed by atoms with van der Waals surface area (Å²) < 4.78 is 15.2. The Morgan fingerprint density at radius 3 is 1.52 bits per heavy atom. The second-order valence-corrected chi connectivity index (χ2v) is 4.61. The molecule has 0 heterocycles. The molecule has 0 aromatic heterocycles. The van der Waals surface area contributed by atoms with E-state index in [1.54, 1.807) is 0 Å². The van der Waals surface area contributed by atoms with Gasteiger partial charge in [-0.25, -0.2) is 0 Å². The molecule has 0 amide bonds. The number of rotatable bonds is 12. The van der Waals surface area contributed by atoms with E-state index >= 15 is 0 Å². The summed E-state index contributed by atoms with van der Waals surface area (Å²) in [6.07, 6.45) is 0.444. The minimum absolute atomic E-state index is 0.102. The van der Waals surface area contributed by atoms with Crippen molar-refractivity contribution in [2.45, 2.75) is 51.7 Å². The molecule has 2 N–H and O–H groups in total. The quantitative estimate of drug-likeness (QED) is 0.503. The largest absolute Gasteiger partial charge is 0.463 e. The standard InChI is InChI=1S/C14H26O7/c1-3-5-13(17)19-9-11(7-15)21-12(8-16)10-20-14(18)6-4-2/h11-12,15-16H,3-10H2,1-2H3. The Morgan fingerprint density at radius 1 is 0.857 bits per heavy atom. The highest BCUT2D eigenvalue weighted by atomic mass is 16.6. The van der Waals surface area contributed by atoms with Gasteiger partial charge in [-0.1, -0.05) is 13.8 Å². The summed E-state index contributed by atoms with van der Waals surface area (Å²) in [6.45, 7) is 2.78. The van der Waals surface area contributed by atoms with E-state index in [2.05, 4.69) is 0 Å². The fraction of sp³-hybridized carbons (Fsp3) is 0.857. The Balaban J connectivity index is 4.10. The van der Waals surface area contributed by atoms with Crippen LogP contribution >= 0.6 is 0 Å². The maximum absolute atomic E-state index is 11.2. The van der Waals surface area contributed by atoms with Gasteiger partial charge in [-0.2, -0.15) is 0 Å². The third kappa shape index (κ3) is 10.2. The van der Waals surface area contributed by atoms with E-state index in [0.29, 0.717) is 25.7 Å². The number of esters is 2. The fourth-order valence-electron chi connectivity index (χ4n) is 1.47. The van der Waals surface area contributed by atoms with E-state index in [4.69, 9.17) is 24.4 Å². The minimum atomic E-state index is -0.757. The number of hydrogen-bond donors (Lipinski definition) is 2. The van der Waals surface area contributed by atoms with Crippen LogP contribution in [0.2, 0.25) is 0 Å². The van der Waals surface area contributed by atoms with Crippen molar-refractivity contribution in [2.75, 3.05) is 26.4 Å². The first-order valence-corrected chi connectivity index (χ1v) is 7.25. The summed E-state index contributed by atoms with van der Waals surface area (Å²) in [5, 5.41) is 18.3. The minimum Gasteiger partial charge on any atom is -0.463 e. The molecule has 0 saturated carbocycles. The fourth-order valence-corrected chi connectivity index (χ4v) is 1.47. The highest BCUT2D eigenvalue weighted by molar-refractivity contribution is 5.69. The average molecular weight is 306 g/mol. The Kier molecular flexibility index (Phi) is 11.8. The molecule has 0 saturated heterocycles. The zero-order valence-corrected chi connectivity index (χ0v) is 12.7. The lowest BCUT2D eigenvalue weighted by Crippen LogP contribution is -2.35. The molecule has 7 nitrogen and oxygen atoms in total. The van der Waals surface area contributed by atoms with Crippen LogP contribution in [0.25, 0.3) is 0 Å². The van der Waals surface area contributed by atoms with Gasteiger partial charge in [0, 0.05) is 12.8 Å². The van der Waals surface area contributed by atoms with Crippen molar-refractivity contribution >= 4 is 11.9 Å². The summed E-state index contributed by atoms with van der Waals surface area (Å²) in [7, 11) is 0. The smallest absolute Gasteiger partial charge is 0.305 e. The van der Waals surface area contributed by atoms with Gasteiger partial charge >= 0.3 is 11.9 Å². The van der Waals surface area contributed by atoms with E-state index in [0.717, 1.165) is 0 Å². The zero-order valence-electron chi connectivity index (χ0n) is 12.7. The predicted octanol–water partition coefficient (Wildman–Crippen LogP) is 0.411. The van der Waals surface area contributed by atoms with Crippen LogP contribution in [0.15, 0.2) is 0 Å². The topological polar surface area (TPSA) is 102 Å². The predicted molar refractivity (Wildman–Crippen MR) is 74.6 cm³/mol. The van der Waals surface area contributed by atoms with Gasteiger partial charge in [-0.15, -0.1) is 0 Å². The molecule has 0 aliphatic heterocycles. The lowest BCUT2D eigenvalue weighted by Gasteiger charge is -2.22. The van der Waals surface area contributed by atoms with Crippen LogP contribution in [0.1, 0.15) is 39.5 Å². The molecule has 0 aromatic carbocycles. The Labute approximate surface area is 125 Å². The Hall–Kier alpha value is -1.18. The van der Waals surface area contributed by atoms with Gasteiger partial charge in [0.1, 0.15) is 25.4 Å². The number of aliphatic hydroxyl groups is 2. The highest BCUT2D eigenvalue weighted by Crippen LogP contribution is 2.03. The second-order valence-electron chi connectivity index (χ2n) is 4.61. The highest BCUT2D eigenvalue weighted by Gasteiger charge is 2.19. The van der Waals surface area contributed by atoms with Crippen LogP contribution in [0, 0.1) is 0 Å². The van der Waals surface area contributed by atoms with Crippen molar-refractivity contribution in [3.63, 3.8) is 0 Å². The monoisotopic (exact) mass is 306 g/mol. The van der Waals surface area contributed by atoms with Crippen LogP contribution in [0.5, 0.6) is 0 Å². The maximum Gasteiger partial charge on any atom is 0.305 e. The summed E-state index contributed by atoms with van der Waals surface area (Å²) in [5.41, 5.74) is 0. The van der Waals surface area contributed by atoms with Crippen molar-refractivity contribution in [3.8, 4) is 0 Å². The first kappa shape index (κ1) is 19.8. The van der Waals surface area contributed by atoms with Gasteiger partial charge in [-0.3, -0.25) is 9.59 Å². The van der Waals surface area contributed by atoms with Gasteiger partial charge < -0.3 is 24.4 Å². The molecule has 0 aromatic rings. The van der Waals surface area contributed by atoms with Crippen LogP contribution < -0.4 is 0 Å². The molecule has 0 bridgehead atoms. The van der Waals surface area contributed by atoms with Gasteiger partial charge in [-0.05, 0) is 12.8 Å². The molecular formula is C14H26O7. The molecule has 0 fully saturated rings. The number of hydrogen-bond acceptors (Lipinski definition) is 7. The van der Waals surface area contributed by atoms with Gasteiger partial charge in [0.05, 0.1) is 13.2 Å². The number of aliphatic hydroxyl groups excluding tert-OH is 2. The Bertz CT molecular complexity index is 265. The first-order chi connectivity index (χ1) is 10.1. The van der Waals surface area contributed by atoms with Crippen LogP contribution in [0.4, 0.5) is 0 Å². The van der Waals surface area contributed by atoms with Crippen LogP contribution in [-0.4, -0.2) is 60.8 Å². The number of carbonyl (C=O) groups excluding carboxylic acids is 2.